The molecule has 55 heavy (non-hydrogen) atoms. The molecule has 0 radical (unpaired) electrons. The number of amides is 2. The van der Waals surface area contributed by atoms with Crippen molar-refractivity contribution in [2.24, 2.45) is 11.7 Å². The van der Waals surface area contributed by atoms with Gasteiger partial charge in [0.15, 0.2) is 16.1 Å². The first kappa shape index (κ1) is 37.3. The first-order valence-corrected chi connectivity index (χ1v) is 21.8. The van der Waals surface area contributed by atoms with Gasteiger partial charge in [0.1, 0.15) is 0 Å². The monoisotopic (exact) mass is 774 g/mol. The molecule has 0 bridgehead atoms. The van der Waals surface area contributed by atoms with Crippen LogP contribution in [0, 0.1) is 5.92 Å². The van der Waals surface area contributed by atoms with Crippen LogP contribution in [0.2, 0.25) is 0 Å². The van der Waals surface area contributed by atoms with E-state index < -0.39 is 21.0 Å². The predicted molar refractivity (Wildman–Crippen MR) is 220 cm³/mol. The summed E-state index contributed by atoms with van der Waals surface area (Å²) in [5.41, 5.74) is 17.0. The zero-order chi connectivity index (χ0) is 37.9. The van der Waals surface area contributed by atoms with E-state index in [2.05, 4.69) is 66.7 Å². The second-order valence-corrected chi connectivity index (χ2v) is 18.0. The summed E-state index contributed by atoms with van der Waals surface area (Å²) >= 11 is 1.84. The van der Waals surface area contributed by atoms with Gasteiger partial charge in [0.25, 0.3) is 5.91 Å². The lowest BCUT2D eigenvalue weighted by Gasteiger charge is -2.34. The van der Waals surface area contributed by atoms with Crippen molar-refractivity contribution < 1.29 is 27.6 Å². The van der Waals surface area contributed by atoms with Gasteiger partial charge in [-0.1, -0.05) is 79.3 Å². The number of allylic oxidation sites excluding steroid dienone is 3. The van der Waals surface area contributed by atoms with E-state index in [1.165, 1.54) is 54.8 Å². The molecule has 3 aromatic carbocycles. The predicted octanol–water partition coefficient (Wildman–Crippen LogP) is 8.99. The minimum absolute atomic E-state index is 0.0436. The van der Waals surface area contributed by atoms with Crippen molar-refractivity contribution in [3.63, 3.8) is 0 Å². The number of fused-ring (bicyclic) bond motifs is 5. The number of sulfone groups is 1. The van der Waals surface area contributed by atoms with Crippen LogP contribution >= 0.6 is 11.3 Å². The van der Waals surface area contributed by atoms with E-state index >= 15 is 0 Å². The fourth-order valence-electron chi connectivity index (χ4n) is 8.01. The van der Waals surface area contributed by atoms with Crippen LogP contribution in [-0.4, -0.2) is 38.4 Å². The van der Waals surface area contributed by atoms with Gasteiger partial charge in [-0.3, -0.25) is 9.59 Å². The molecule has 2 fully saturated rings. The highest BCUT2D eigenvalue weighted by Crippen LogP contribution is 2.43. The normalized spacial score (nSPS) is 20.8. The summed E-state index contributed by atoms with van der Waals surface area (Å²) in [6.45, 7) is 0.685. The molecule has 10 heteroatoms. The average molecular weight is 775 g/mol. The van der Waals surface area contributed by atoms with Gasteiger partial charge in [0.05, 0.1) is 10.9 Å². The van der Waals surface area contributed by atoms with Gasteiger partial charge < -0.3 is 10.5 Å². The lowest BCUT2D eigenvalue weighted by molar-refractivity contribution is -0.180. The van der Waals surface area contributed by atoms with E-state index in [-0.39, 0.29) is 24.5 Å². The Kier molecular flexibility index (Phi) is 11.0. The third kappa shape index (κ3) is 8.19. The number of primary amides is 1. The number of rotatable bonds is 8. The van der Waals surface area contributed by atoms with Crippen molar-refractivity contribution in [2.75, 3.05) is 11.7 Å². The number of carbonyl (C=O) groups excluding carboxylic acids is 2. The maximum Gasteiger partial charge on any atom is 0.254 e. The summed E-state index contributed by atoms with van der Waals surface area (Å²) in [5.74, 6) is -0.508. The Bertz CT molecular complexity index is 2290. The minimum atomic E-state index is -3.29. The topological polar surface area (TPSA) is 116 Å². The number of hydroxylamine groups is 1. The summed E-state index contributed by atoms with van der Waals surface area (Å²) in [6.07, 6.45) is 16.7. The number of anilines is 1. The Morgan fingerprint density at radius 3 is 2.45 bits per heavy atom. The Hall–Kier alpha value is -4.61. The van der Waals surface area contributed by atoms with Gasteiger partial charge in [-0.25, -0.2) is 13.3 Å². The molecule has 9 rings (SSSR count). The molecule has 2 atom stereocenters. The van der Waals surface area contributed by atoms with Crippen molar-refractivity contribution in [2.45, 2.75) is 82.2 Å². The number of nitrogens with two attached hydrogens (primary N) is 1. The van der Waals surface area contributed by atoms with E-state index in [1.807, 2.05) is 23.5 Å². The van der Waals surface area contributed by atoms with Crippen LogP contribution in [0.1, 0.15) is 78.5 Å². The molecule has 2 aliphatic heterocycles. The molecular weight excluding hydrogens is 729 g/mol. The largest absolute Gasteiger partial charge is 0.370 e. The van der Waals surface area contributed by atoms with Gasteiger partial charge >= 0.3 is 0 Å². The highest BCUT2D eigenvalue weighted by molar-refractivity contribution is 7.95. The summed E-state index contributed by atoms with van der Waals surface area (Å²) in [5, 5.41) is 1.85. The quantitative estimate of drug-likeness (QED) is 0.179. The Labute approximate surface area is 327 Å². The van der Waals surface area contributed by atoms with Crippen LogP contribution in [-0.2, 0) is 48.3 Å². The first-order valence-electron chi connectivity index (χ1n) is 19.4. The number of thiophene rings is 1. The van der Waals surface area contributed by atoms with Crippen molar-refractivity contribution in [3.05, 3.63) is 124 Å². The smallest absolute Gasteiger partial charge is 0.254 e. The molecule has 4 aromatic rings. The van der Waals surface area contributed by atoms with Crippen LogP contribution < -0.4 is 10.8 Å². The molecule has 2 N–H and O–H groups in total. The molecule has 2 unspecified atom stereocenters. The average Bonchev–Trinajstić information content (AvgIpc) is 3.68. The van der Waals surface area contributed by atoms with E-state index in [1.54, 1.807) is 17.2 Å². The molecule has 1 saturated heterocycles. The van der Waals surface area contributed by atoms with Crippen molar-refractivity contribution in [1.82, 2.24) is 0 Å². The first-order chi connectivity index (χ1) is 26.7. The number of aryl methyl sites for hydroxylation is 1. The van der Waals surface area contributed by atoms with Gasteiger partial charge in [0, 0.05) is 40.5 Å². The maximum atomic E-state index is 13.4. The lowest BCUT2D eigenvalue weighted by Crippen LogP contribution is -2.42. The third-order valence-electron chi connectivity index (χ3n) is 11.2. The van der Waals surface area contributed by atoms with Crippen molar-refractivity contribution in [1.29, 1.82) is 0 Å². The number of carbonyl (C=O) groups is 2. The summed E-state index contributed by atoms with van der Waals surface area (Å²) in [6, 6.07) is 26.3. The van der Waals surface area contributed by atoms with Gasteiger partial charge in [0.2, 0.25) is 5.91 Å². The molecule has 3 heterocycles. The number of benzene rings is 3. The molecule has 1 aromatic heterocycles. The Morgan fingerprint density at radius 1 is 0.836 bits per heavy atom. The second-order valence-electron chi connectivity index (χ2n) is 14.9. The number of nitrogens with zero attached hydrogens (tertiary/aromatic N) is 1. The fraction of sp³-hybridized carbons (Fsp3) is 0.333. The molecule has 5 aliphatic rings. The van der Waals surface area contributed by atoms with Crippen LogP contribution in [0.4, 0.5) is 5.69 Å². The lowest BCUT2D eigenvalue weighted by atomic mass is 9.78. The number of ether oxygens (including phenoxy) is 1. The SMILES string of the molecule is NC(=O)CC1C=CC=CS1(=O)=O.O=C(C1CCC1)N(OC1CCCCO1)c1cccc(-c2ccc(C3=Cc4ccc5c(c4CC3)CCc3ccccc3-5)s2)c1. The molecule has 284 valence electrons. The number of hydrogen-bond donors (Lipinski definition) is 1. The van der Waals surface area contributed by atoms with Crippen LogP contribution in [0.5, 0.6) is 0 Å². The van der Waals surface area contributed by atoms with Gasteiger partial charge in [-0.2, -0.15) is 5.06 Å². The Morgan fingerprint density at radius 2 is 1.67 bits per heavy atom. The molecule has 3 aliphatic carbocycles. The summed E-state index contributed by atoms with van der Waals surface area (Å²) < 4.78 is 28.2. The number of hydrogen-bond acceptors (Lipinski definition) is 7. The van der Waals surface area contributed by atoms with Crippen molar-refractivity contribution >= 4 is 50.3 Å². The van der Waals surface area contributed by atoms with Gasteiger partial charge in [-0.15, -0.1) is 11.3 Å². The standard InChI is InChI=1S/C38H37NO3S.C7H9NO3S/c40-38(26-8-5-9-26)39(42-37-13-3-4-22-41-37)30-11-6-10-28(24-30)35-20-21-36(43-35)29-16-17-32-27(23-29)15-19-33-31-12-2-1-7-25(31)14-18-34(32)33;8-7(9)5-6-3-1-2-4-12(6,10)11/h1-2,6-7,10-12,15,19-21,23-24,26,37H,3-5,8-9,13-14,16-18,22H2;1-4,6H,5H2,(H2,8,9). The molecule has 8 nitrogen and oxygen atoms in total. The van der Waals surface area contributed by atoms with Crippen molar-refractivity contribution in [3.8, 4) is 21.6 Å². The highest BCUT2D eigenvalue weighted by atomic mass is 32.2. The molecule has 2 amide bonds. The zero-order valence-corrected chi connectivity index (χ0v) is 32.5. The highest BCUT2D eigenvalue weighted by Gasteiger charge is 2.33. The maximum absolute atomic E-state index is 13.4. The van der Waals surface area contributed by atoms with E-state index in [0.717, 1.165) is 80.9 Å². The second kappa shape index (κ2) is 16.2. The van der Waals surface area contributed by atoms with E-state index in [9.17, 15) is 18.0 Å². The van der Waals surface area contributed by atoms with Crippen LogP contribution in [0.15, 0.2) is 96.4 Å². The zero-order valence-electron chi connectivity index (χ0n) is 30.8. The third-order valence-corrected chi connectivity index (χ3v) is 14.1. The van der Waals surface area contributed by atoms with Gasteiger partial charge in [-0.05, 0) is 120 Å². The van der Waals surface area contributed by atoms with Crippen LogP contribution in [0.3, 0.4) is 0 Å². The van der Waals surface area contributed by atoms with Crippen LogP contribution in [0.25, 0.3) is 33.2 Å². The van der Waals surface area contributed by atoms with E-state index in [4.69, 9.17) is 15.3 Å². The fourth-order valence-corrected chi connectivity index (χ4v) is 10.3. The van der Waals surface area contributed by atoms with E-state index in [0.29, 0.717) is 6.61 Å². The Balaban J connectivity index is 0.000000306. The molecule has 0 spiro atoms. The summed E-state index contributed by atoms with van der Waals surface area (Å²) in [4.78, 5) is 32.7. The molecule has 1 saturated carbocycles. The summed E-state index contributed by atoms with van der Waals surface area (Å²) in [7, 11) is -3.29. The molecular formula is C45H46N2O6S2. The minimum Gasteiger partial charge on any atom is -0.370 e.